The Morgan fingerprint density at radius 1 is 1.38 bits per heavy atom. The van der Waals surface area contributed by atoms with Crippen LogP contribution in [0.2, 0.25) is 10.0 Å². The normalized spacial score (nSPS) is 16.5. The lowest BCUT2D eigenvalue weighted by molar-refractivity contribution is -0.136. The first-order chi connectivity index (χ1) is 12.5. The van der Waals surface area contributed by atoms with E-state index in [1.54, 1.807) is 17.2 Å². The maximum absolute atomic E-state index is 14.1. The zero-order valence-corrected chi connectivity index (χ0v) is 15.8. The van der Waals surface area contributed by atoms with Crippen molar-refractivity contribution < 1.29 is 18.9 Å². The van der Waals surface area contributed by atoms with E-state index >= 15 is 0 Å². The molecule has 1 aliphatic rings. The summed E-state index contributed by atoms with van der Waals surface area (Å²) >= 11 is 13.8. The van der Waals surface area contributed by atoms with E-state index in [0.29, 0.717) is 18.5 Å². The predicted molar refractivity (Wildman–Crippen MR) is 98.0 cm³/mol. The van der Waals surface area contributed by atoms with Gasteiger partial charge in [-0.2, -0.15) is 11.8 Å². The molecule has 3 rings (SSSR count). The van der Waals surface area contributed by atoms with Crippen LogP contribution in [0.25, 0.3) is 11.3 Å². The van der Waals surface area contributed by atoms with Crippen molar-refractivity contribution in [3.05, 3.63) is 39.8 Å². The van der Waals surface area contributed by atoms with E-state index in [1.807, 2.05) is 0 Å². The number of aromatic nitrogens is 1. The maximum atomic E-state index is 14.1. The Bertz CT molecular complexity index is 812. The van der Waals surface area contributed by atoms with Crippen LogP contribution in [0.15, 0.2) is 22.7 Å². The number of thioether (sulfide) groups is 1. The molecule has 0 atom stereocenters. The number of hydroxylamine groups is 1. The molecule has 3 N–H and O–H groups in total. The second kappa shape index (κ2) is 8.14. The first-order valence-corrected chi connectivity index (χ1v) is 9.75. The van der Waals surface area contributed by atoms with Gasteiger partial charge in [-0.25, -0.2) is 9.87 Å². The van der Waals surface area contributed by atoms with Crippen LogP contribution >= 0.6 is 35.0 Å². The van der Waals surface area contributed by atoms with Gasteiger partial charge in [0, 0.05) is 11.6 Å². The molecule has 26 heavy (non-hydrogen) atoms. The van der Waals surface area contributed by atoms with Crippen LogP contribution < -0.4 is 10.8 Å². The van der Waals surface area contributed by atoms with E-state index in [1.165, 1.54) is 12.1 Å². The van der Waals surface area contributed by atoms with Gasteiger partial charge in [-0.15, -0.1) is 0 Å². The lowest BCUT2D eigenvalue weighted by Gasteiger charge is -2.35. The molecule has 140 valence electrons. The Morgan fingerprint density at radius 2 is 2.12 bits per heavy atom. The van der Waals surface area contributed by atoms with Gasteiger partial charge in [0.2, 0.25) is 0 Å². The molecule has 0 aliphatic carbocycles. The number of hydrogen-bond donors (Lipinski definition) is 3. The molecule has 1 aromatic heterocycles. The maximum Gasteiger partial charge on any atom is 0.263 e. The fourth-order valence-corrected chi connectivity index (χ4v) is 4.41. The molecule has 0 unspecified atom stereocenters. The molecule has 0 spiro atoms. The molecule has 6 nitrogen and oxygen atoms in total. The van der Waals surface area contributed by atoms with E-state index < -0.39 is 17.3 Å². The van der Waals surface area contributed by atoms with Crippen LogP contribution in [0.1, 0.15) is 18.5 Å². The minimum atomic E-state index is -0.909. The van der Waals surface area contributed by atoms with Gasteiger partial charge < -0.3 is 4.52 Å². The summed E-state index contributed by atoms with van der Waals surface area (Å²) in [5.41, 5.74) is 1.31. The number of hydrogen-bond acceptors (Lipinski definition) is 6. The minimum Gasteiger partial charge on any atom is -0.354 e. The van der Waals surface area contributed by atoms with Crippen molar-refractivity contribution in [2.24, 2.45) is 0 Å². The Hall–Kier alpha value is -1.32. The Kier molecular flexibility index (Phi) is 6.09. The highest BCUT2D eigenvalue weighted by Gasteiger charge is 2.39. The van der Waals surface area contributed by atoms with Crippen molar-refractivity contribution in [2.45, 2.75) is 24.9 Å². The number of nitrogens with zero attached hydrogens (tertiary/aromatic N) is 1. The summed E-state index contributed by atoms with van der Waals surface area (Å²) in [6, 6.07) is 4.14. The SMILES string of the molecule is O=C(NO)C1(NCc2noc(-c3ccc(Cl)cc3F)c2Cl)CCSCC1. The van der Waals surface area contributed by atoms with Gasteiger partial charge in [0.1, 0.15) is 22.1 Å². The third kappa shape index (κ3) is 3.84. The highest BCUT2D eigenvalue weighted by molar-refractivity contribution is 7.99. The zero-order valence-electron chi connectivity index (χ0n) is 13.5. The van der Waals surface area contributed by atoms with Gasteiger partial charge in [0.15, 0.2) is 5.76 Å². The molecule has 2 aromatic rings. The van der Waals surface area contributed by atoms with Crippen molar-refractivity contribution in [1.82, 2.24) is 16.0 Å². The molecule has 0 radical (unpaired) electrons. The number of amides is 1. The Labute approximate surface area is 163 Å². The molecule has 0 bridgehead atoms. The van der Waals surface area contributed by atoms with Crippen LogP contribution in [0.4, 0.5) is 4.39 Å². The van der Waals surface area contributed by atoms with E-state index in [9.17, 15) is 9.18 Å². The molecular weight excluding hydrogens is 404 g/mol. The smallest absolute Gasteiger partial charge is 0.263 e. The number of rotatable bonds is 5. The summed E-state index contributed by atoms with van der Waals surface area (Å²) in [5.74, 6) is 0.594. The van der Waals surface area contributed by atoms with Crippen molar-refractivity contribution in [1.29, 1.82) is 0 Å². The first-order valence-electron chi connectivity index (χ1n) is 7.83. The summed E-state index contributed by atoms with van der Waals surface area (Å²) < 4.78 is 19.3. The molecular formula is C16H16Cl2FN3O3S. The lowest BCUT2D eigenvalue weighted by atomic mass is 9.91. The molecule has 10 heteroatoms. The fraction of sp³-hybridized carbons (Fsp3) is 0.375. The number of benzene rings is 1. The van der Waals surface area contributed by atoms with Crippen LogP contribution in [-0.4, -0.2) is 33.3 Å². The Balaban J connectivity index is 1.80. The second-order valence-corrected chi connectivity index (χ2v) is 7.92. The highest BCUT2D eigenvalue weighted by Crippen LogP contribution is 2.34. The zero-order chi connectivity index (χ0) is 18.7. The molecule has 1 saturated heterocycles. The van der Waals surface area contributed by atoms with E-state index in [0.717, 1.165) is 17.6 Å². The van der Waals surface area contributed by atoms with Gasteiger partial charge in [-0.3, -0.25) is 15.3 Å². The van der Waals surface area contributed by atoms with Crippen LogP contribution in [0, 0.1) is 5.82 Å². The summed E-state index contributed by atoms with van der Waals surface area (Å²) in [4.78, 5) is 12.1. The standard InChI is InChI=1S/C16H16Cl2FN3O3S/c17-9-1-2-10(11(19)7-9)14-13(18)12(22-25-14)8-20-16(15(23)21-24)3-5-26-6-4-16/h1-2,7,20,24H,3-6,8H2,(H,21,23). The highest BCUT2D eigenvalue weighted by atomic mass is 35.5. The van der Waals surface area contributed by atoms with Crippen molar-refractivity contribution >= 4 is 40.9 Å². The summed E-state index contributed by atoms with van der Waals surface area (Å²) in [5, 5.41) is 16.5. The van der Waals surface area contributed by atoms with E-state index in [4.69, 9.17) is 32.9 Å². The average molecular weight is 420 g/mol. The topological polar surface area (TPSA) is 87.4 Å². The number of nitrogens with one attached hydrogen (secondary N) is 2. The lowest BCUT2D eigenvalue weighted by Crippen LogP contribution is -2.58. The van der Waals surface area contributed by atoms with Crippen molar-refractivity contribution in [3.8, 4) is 11.3 Å². The summed E-state index contributed by atoms with van der Waals surface area (Å²) in [7, 11) is 0. The number of carbonyl (C=O) groups excluding carboxylic acids is 1. The second-order valence-electron chi connectivity index (χ2n) is 5.89. The van der Waals surface area contributed by atoms with Crippen molar-refractivity contribution in [2.75, 3.05) is 11.5 Å². The van der Waals surface area contributed by atoms with Gasteiger partial charge in [0.05, 0.1) is 5.56 Å². The Morgan fingerprint density at radius 3 is 2.77 bits per heavy atom. The molecule has 0 saturated carbocycles. The molecule has 1 aliphatic heterocycles. The quantitative estimate of drug-likeness (QED) is 0.506. The first kappa shape index (κ1) is 19.4. The number of halogens is 3. The molecule has 2 heterocycles. The largest absolute Gasteiger partial charge is 0.354 e. The minimum absolute atomic E-state index is 0.0949. The fourth-order valence-electron chi connectivity index (χ4n) is 2.83. The van der Waals surface area contributed by atoms with Crippen LogP contribution in [0.3, 0.4) is 0 Å². The van der Waals surface area contributed by atoms with Gasteiger partial charge in [0.25, 0.3) is 5.91 Å². The third-order valence-electron chi connectivity index (χ3n) is 4.35. The average Bonchev–Trinajstić information content (AvgIpc) is 3.00. The summed E-state index contributed by atoms with van der Waals surface area (Å²) in [6.45, 7) is 0.135. The van der Waals surface area contributed by atoms with Crippen molar-refractivity contribution in [3.63, 3.8) is 0 Å². The van der Waals surface area contributed by atoms with Gasteiger partial charge >= 0.3 is 0 Å². The monoisotopic (exact) mass is 419 g/mol. The molecule has 1 fully saturated rings. The van der Waals surface area contributed by atoms with Gasteiger partial charge in [-0.1, -0.05) is 28.4 Å². The van der Waals surface area contributed by atoms with E-state index in [-0.39, 0.29) is 27.9 Å². The number of carbonyl (C=O) groups is 1. The summed E-state index contributed by atoms with van der Waals surface area (Å²) in [6.07, 6.45) is 1.11. The van der Waals surface area contributed by atoms with Crippen LogP contribution in [0.5, 0.6) is 0 Å². The predicted octanol–water partition coefficient (Wildman–Crippen LogP) is 3.65. The van der Waals surface area contributed by atoms with E-state index in [2.05, 4.69) is 10.5 Å². The third-order valence-corrected chi connectivity index (χ3v) is 5.96. The van der Waals surface area contributed by atoms with Gasteiger partial charge in [-0.05, 0) is 42.5 Å². The molecule has 1 aromatic carbocycles. The molecule has 1 amide bonds. The van der Waals surface area contributed by atoms with Crippen LogP contribution in [-0.2, 0) is 11.3 Å².